The Bertz CT molecular complexity index is 656. The molecule has 4 nitrogen and oxygen atoms in total. The lowest BCUT2D eigenvalue weighted by Crippen LogP contribution is -2.52. The predicted molar refractivity (Wildman–Crippen MR) is 84.7 cm³/mol. The fourth-order valence-corrected chi connectivity index (χ4v) is 3.46. The molecule has 0 bridgehead atoms. The van der Waals surface area contributed by atoms with Crippen LogP contribution in [0, 0.1) is 5.82 Å². The Morgan fingerprint density at radius 3 is 2.95 bits per heavy atom. The zero-order valence-electron chi connectivity index (χ0n) is 12.4. The van der Waals surface area contributed by atoms with E-state index >= 15 is 0 Å². The molecule has 1 aromatic carbocycles. The third kappa shape index (κ3) is 3.34. The first-order valence-electron chi connectivity index (χ1n) is 7.34. The van der Waals surface area contributed by atoms with Gasteiger partial charge in [0.1, 0.15) is 10.7 Å². The van der Waals surface area contributed by atoms with Crippen molar-refractivity contribution in [3.8, 4) is 0 Å². The highest BCUT2D eigenvalue weighted by Gasteiger charge is 2.25. The predicted octanol–water partition coefficient (Wildman–Crippen LogP) is 2.31. The summed E-state index contributed by atoms with van der Waals surface area (Å²) in [5, 5.41) is 4.15. The summed E-state index contributed by atoms with van der Waals surface area (Å²) in [6.07, 6.45) is 2.27. The number of piperazine rings is 1. The van der Waals surface area contributed by atoms with Gasteiger partial charge in [-0.1, -0.05) is 12.1 Å². The third-order valence-corrected chi connectivity index (χ3v) is 4.78. The number of nitrogens with zero attached hydrogens (tertiary/aromatic N) is 2. The van der Waals surface area contributed by atoms with Crippen molar-refractivity contribution in [2.24, 2.45) is 0 Å². The quantitative estimate of drug-likeness (QED) is 0.944. The zero-order valence-corrected chi connectivity index (χ0v) is 13.2. The van der Waals surface area contributed by atoms with Crippen LogP contribution in [0.5, 0.6) is 0 Å². The summed E-state index contributed by atoms with van der Waals surface area (Å²) in [6.45, 7) is 4.43. The first kappa shape index (κ1) is 15.1. The zero-order chi connectivity index (χ0) is 15.5. The number of carbonyl (C=O) groups is 1. The number of rotatable bonds is 3. The average molecular weight is 319 g/mol. The maximum absolute atomic E-state index is 12.9. The minimum Gasteiger partial charge on any atom is -0.333 e. The number of amides is 1. The molecule has 3 rings (SSSR count). The van der Waals surface area contributed by atoms with Crippen molar-refractivity contribution >= 4 is 17.2 Å². The molecule has 0 aliphatic carbocycles. The first-order valence-corrected chi connectivity index (χ1v) is 8.16. The van der Waals surface area contributed by atoms with Gasteiger partial charge in [-0.2, -0.15) is 0 Å². The molecule has 0 spiro atoms. The number of aromatic nitrogens is 1. The van der Waals surface area contributed by atoms with Crippen LogP contribution >= 0.6 is 11.3 Å². The van der Waals surface area contributed by atoms with Gasteiger partial charge in [0.15, 0.2) is 0 Å². The van der Waals surface area contributed by atoms with E-state index in [0.717, 1.165) is 30.2 Å². The van der Waals surface area contributed by atoms with Crippen molar-refractivity contribution < 1.29 is 9.18 Å². The standard InChI is InChI=1S/C16H18FN3OS/c1-11-9-18-6-7-20(11)16(21)14-10-19-15(22-14)8-12-2-4-13(17)5-3-12/h2-5,10-11,18H,6-9H2,1H3/t11-/m0/s1. The molecule has 0 unspecified atom stereocenters. The molecule has 2 aromatic rings. The van der Waals surface area contributed by atoms with Gasteiger partial charge in [0, 0.05) is 32.1 Å². The lowest BCUT2D eigenvalue weighted by atomic mass is 10.2. The molecule has 1 aliphatic heterocycles. The Morgan fingerprint density at radius 2 is 2.23 bits per heavy atom. The minimum atomic E-state index is -0.244. The van der Waals surface area contributed by atoms with E-state index in [9.17, 15) is 9.18 Å². The second-order valence-electron chi connectivity index (χ2n) is 5.47. The summed E-state index contributed by atoms with van der Waals surface area (Å²) in [5.41, 5.74) is 0.991. The second kappa shape index (κ2) is 6.54. The topological polar surface area (TPSA) is 45.2 Å². The number of nitrogens with one attached hydrogen (secondary N) is 1. The summed E-state index contributed by atoms with van der Waals surface area (Å²) in [4.78, 5) is 19.4. The highest BCUT2D eigenvalue weighted by atomic mass is 32.1. The van der Waals surface area contributed by atoms with E-state index in [1.54, 1.807) is 18.3 Å². The third-order valence-electron chi connectivity index (χ3n) is 3.80. The number of thiazole rings is 1. The van der Waals surface area contributed by atoms with E-state index in [4.69, 9.17) is 0 Å². The highest BCUT2D eigenvalue weighted by Crippen LogP contribution is 2.20. The molecular formula is C16H18FN3OS. The van der Waals surface area contributed by atoms with Crippen LogP contribution in [0.3, 0.4) is 0 Å². The van der Waals surface area contributed by atoms with Gasteiger partial charge in [0.25, 0.3) is 5.91 Å². The normalized spacial score (nSPS) is 18.5. The molecule has 1 atom stereocenters. The van der Waals surface area contributed by atoms with E-state index in [1.165, 1.54) is 23.5 Å². The molecule has 0 radical (unpaired) electrons. The number of halogens is 1. The molecule has 0 saturated carbocycles. The summed E-state index contributed by atoms with van der Waals surface area (Å²) < 4.78 is 12.9. The van der Waals surface area contributed by atoms with Crippen LogP contribution in [0.1, 0.15) is 27.2 Å². The Labute approximate surface area is 133 Å². The van der Waals surface area contributed by atoms with Crippen molar-refractivity contribution in [3.63, 3.8) is 0 Å². The van der Waals surface area contributed by atoms with Gasteiger partial charge in [0.2, 0.25) is 0 Å². The van der Waals surface area contributed by atoms with Gasteiger partial charge in [-0.25, -0.2) is 9.37 Å². The SMILES string of the molecule is C[C@H]1CNCCN1C(=O)c1cnc(Cc2ccc(F)cc2)s1. The molecule has 1 aliphatic rings. The van der Waals surface area contributed by atoms with E-state index in [1.807, 2.05) is 11.8 Å². The fraction of sp³-hybridized carbons (Fsp3) is 0.375. The molecule has 1 amide bonds. The number of benzene rings is 1. The lowest BCUT2D eigenvalue weighted by molar-refractivity contribution is 0.0660. The second-order valence-corrected chi connectivity index (χ2v) is 6.59. The summed E-state index contributed by atoms with van der Waals surface area (Å²) in [6, 6.07) is 6.58. The highest BCUT2D eigenvalue weighted by molar-refractivity contribution is 7.13. The van der Waals surface area contributed by atoms with Crippen LogP contribution in [0.2, 0.25) is 0 Å². The molecule has 1 fully saturated rings. The van der Waals surface area contributed by atoms with E-state index in [-0.39, 0.29) is 17.8 Å². The van der Waals surface area contributed by atoms with Crippen LogP contribution in [0.15, 0.2) is 30.5 Å². The average Bonchev–Trinajstić information content (AvgIpc) is 2.98. The molecule has 22 heavy (non-hydrogen) atoms. The van der Waals surface area contributed by atoms with Gasteiger partial charge >= 0.3 is 0 Å². The molecule has 1 aromatic heterocycles. The van der Waals surface area contributed by atoms with Crippen LogP contribution < -0.4 is 5.32 Å². The van der Waals surface area contributed by atoms with Crippen molar-refractivity contribution in [1.82, 2.24) is 15.2 Å². The largest absolute Gasteiger partial charge is 0.333 e. The smallest absolute Gasteiger partial charge is 0.265 e. The lowest BCUT2D eigenvalue weighted by Gasteiger charge is -2.33. The summed E-state index contributed by atoms with van der Waals surface area (Å²) in [5.74, 6) is -0.191. The molecule has 1 N–H and O–H groups in total. The van der Waals surface area contributed by atoms with Crippen LogP contribution in [0.4, 0.5) is 4.39 Å². The monoisotopic (exact) mass is 319 g/mol. The van der Waals surface area contributed by atoms with Crippen molar-refractivity contribution in [1.29, 1.82) is 0 Å². The van der Waals surface area contributed by atoms with Crippen LogP contribution in [-0.2, 0) is 6.42 Å². The van der Waals surface area contributed by atoms with E-state index < -0.39 is 0 Å². The number of carbonyl (C=O) groups excluding carboxylic acids is 1. The van der Waals surface area contributed by atoms with Gasteiger partial charge in [-0.3, -0.25) is 4.79 Å². The van der Waals surface area contributed by atoms with Crippen LogP contribution in [0.25, 0.3) is 0 Å². The van der Waals surface area contributed by atoms with Crippen LogP contribution in [-0.4, -0.2) is 41.5 Å². The van der Waals surface area contributed by atoms with Crippen molar-refractivity contribution in [2.75, 3.05) is 19.6 Å². The Hall–Kier alpha value is -1.79. The van der Waals surface area contributed by atoms with E-state index in [2.05, 4.69) is 10.3 Å². The Balaban J connectivity index is 1.70. The van der Waals surface area contributed by atoms with Gasteiger partial charge in [-0.05, 0) is 24.6 Å². The van der Waals surface area contributed by atoms with Crippen molar-refractivity contribution in [3.05, 3.63) is 51.7 Å². The summed E-state index contributed by atoms with van der Waals surface area (Å²) >= 11 is 1.42. The van der Waals surface area contributed by atoms with Gasteiger partial charge in [-0.15, -0.1) is 11.3 Å². The Kier molecular flexibility index (Phi) is 4.49. The van der Waals surface area contributed by atoms with Gasteiger partial charge in [0.05, 0.1) is 11.2 Å². The number of hydrogen-bond donors (Lipinski definition) is 1. The summed E-state index contributed by atoms with van der Waals surface area (Å²) in [7, 11) is 0. The minimum absolute atomic E-state index is 0.0526. The number of hydrogen-bond acceptors (Lipinski definition) is 4. The first-order chi connectivity index (χ1) is 10.6. The maximum atomic E-state index is 12.9. The molecule has 116 valence electrons. The van der Waals surface area contributed by atoms with Crippen molar-refractivity contribution in [2.45, 2.75) is 19.4 Å². The van der Waals surface area contributed by atoms with Gasteiger partial charge < -0.3 is 10.2 Å². The van der Waals surface area contributed by atoms with E-state index in [0.29, 0.717) is 11.3 Å². The molecule has 1 saturated heterocycles. The molecule has 6 heteroatoms. The maximum Gasteiger partial charge on any atom is 0.265 e. The molecule has 2 heterocycles. The Morgan fingerprint density at radius 1 is 1.45 bits per heavy atom. The molecular weight excluding hydrogens is 301 g/mol. The fourth-order valence-electron chi connectivity index (χ4n) is 2.55.